The highest BCUT2D eigenvalue weighted by Crippen LogP contribution is 2.37. The van der Waals surface area contributed by atoms with Crippen LogP contribution in [0.4, 0.5) is 0 Å². The van der Waals surface area contributed by atoms with Crippen molar-refractivity contribution in [2.75, 3.05) is 0 Å². The topological polar surface area (TPSA) is 21.9 Å². The molecule has 0 amide bonds. The number of aryl methyl sites for hydroxylation is 4. The maximum absolute atomic E-state index is 6.37. The first kappa shape index (κ1) is 13.6. The van der Waals surface area contributed by atoms with E-state index in [1.165, 1.54) is 43.7 Å². The fraction of sp³-hybridized carbons (Fsp3) is 0.190. The molecule has 0 spiro atoms. The molecule has 0 N–H and O–H groups in total. The van der Waals surface area contributed by atoms with Crippen LogP contribution in [-0.2, 0) is 14.1 Å². The minimum absolute atomic E-state index is 0.947. The zero-order valence-electron chi connectivity index (χ0n) is 14.3. The van der Waals surface area contributed by atoms with E-state index in [1.807, 2.05) is 0 Å². The molecule has 0 bridgehead atoms. The van der Waals surface area contributed by atoms with Gasteiger partial charge in [0, 0.05) is 30.1 Å². The number of aromatic nitrogens is 2. The molecule has 0 saturated carbocycles. The summed E-state index contributed by atoms with van der Waals surface area (Å²) >= 11 is 0. The summed E-state index contributed by atoms with van der Waals surface area (Å²) in [6.07, 6.45) is 4.26. The minimum atomic E-state index is 0.947. The van der Waals surface area contributed by atoms with Gasteiger partial charge in [-0.3, -0.25) is 0 Å². The first-order chi connectivity index (χ1) is 11.5. The van der Waals surface area contributed by atoms with Crippen LogP contribution in [0.5, 0.6) is 0 Å². The Labute approximate surface area is 139 Å². The highest BCUT2D eigenvalue weighted by atomic mass is 16.3. The van der Waals surface area contributed by atoms with E-state index in [0.717, 1.165) is 11.2 Å². The molecule has 0 unspecified atom stereocenters. The number of nitrogens with zero attached hydrogens (tertiary/aromatic N) is 2. The fourth-order valence-electron chi connectivity index (χ4n) is 4.04. The van der Waals surface area contributed by atoms with E-state index in [4.69, 9.17) is 4.42 Å². The van der Waals surface area contributed by atoms with Crippen molar-refractivity contribution in [3.63, 3.8) is 0 Å². The van der Waals surface area contributed by atoms with Crippen LogP contribution in [0.15, 0.2) is 47.1 Å². The van der Waals surface area contributed by atoms with Crippen molar-refractivity contribution in [1.82, 2.24) is 4.57 Å². The standard InChI is InChI=1S/C21H19N2O/c1-12-9-14-5-7-23(4)21-19-13(2)15-6-8-22(3)16(15)11-18(19)24-17(10-12)20(14)21/h5-11H,1-4H3/q+1. The molecule has 3 heterocycles. The molecule has 3 heteroatoms. The van der Waals surface area contributed by atoms with Gasteiger partial charge in [-0.2, -0.15) is 0 Å². The average molecular weight is 315 g/mol. The van der Waals surface area contributed by atoms with Crippen molar-refractivity contribution in [2.45, 2.75) is 13.8 Å². The van der Waals surface area contributed by atoms with Gasteiger partial charge in [-0.1, -0.05) is 6.07 Å². The summed E-state index contributed by atoms with van der Waals surface area (Å²) < 4.78 is 10.7. The summed E-state index contributed by atoms with van der Waals surface area (Å²) in [6, 6.07) is 10.9. The van der Waals surface area contributed by atoms with Gasteiger partial charge in [-0.25, -0.2) is 4.57 Å². The number of benzene rings is 2. The van der Waals surface area contributed by atoms with Crippen LogP contribution in [0, 0.1) is 13.8 Å². The highest BCUT2D eigenvalue weighted by molar-refractivity contribution is 6.19. The summed E-state index contributed by atoms with van der Waals surface area (Å²) in [6.45, 7) is 4.32. The summed E-state index contributed by atoms with van der Waals surface area (Å²) in [4.78, 5) is 0. The van der Waals surface area contributed by atoms with Crippen LogP contribution in [0.1, 0.15) is 11.1 Å². The van der Waals surface area contributed by atoms with Gasteiger partial charge in [0.25, 0.3) is 0 Å². The smallest absolute Gasteiger partial charge is 0.216 e. The minimum Gasteiger partial charge on any atom is -0.456 e. The molecule has 24 heavy (non-hydrogen) atoms. The zero-order chi connectivity index (χ0) is 16.6. The Morgan fingerprint density at radius 3 is 2.62 bits per heavy atom. The van der Waals surface area contributed by atoms with E-state index in [2.05, 4.69) is 79.8 Å². The largest absolute Gasteiger partial charge is 0.456 e. The van der Waals surface area contributed by atoms with Crippen molar-refractivity contribution >= 4 is 43.7 Å². The maximum atomic E-state index is 6.37. The molecule has 3 aromatic heterocycles. The third-order valence-corrected chi connectivity index (χ3v) is 5.21. The Balaban J connectivity index is 2.18. The van der Waals surface area contributed by atoms with E-state index in [9.17, 15) is 0 Å². The highest BCUT2D eigenvalue weighted by Gasteiger charge is 2.19. The van der Waals surface area contributed by atoms with E-state index < -0.39 is 0 Å². The summed E-state index contributed by atoms with van der Waals surface area (Å²) in [5.41, 5.74) is 6.85. The lowest BCUT2D eigenvalue weighted by Crippen LogP contribution is -2.24. The summed E-state index contributed by atoms with van der Waals surface area (Å²) in [7, 11) is 4.19. The van der Waals surface area contributed by atoms with Crippen LogP contribution in [0.3, 0.4) is 0 Å². The van der Waals surface area contributed by atoms with Gasteiger partial charge >= 0.3 is 0 Å². The average Bonchev–Trinajstić information content (AvgIpc) is 2.91. The third kappa shape index (κ3) is 1.59. The van der Waals surface area contributed by atoms with Crippen molar-refractivity contribution in [3.8, 4) is 0 Å². The Kier molecular flexibility index (Phi) is 2.49. The van der Waals surface area contributed by atoms with E-state index in [0.29, 0.717) is 0 Å². The van der Waals surface area contributed by atoms with Gasteiger partial charge in [-0.05, 0) is 42.5 Å². The van der Waals surface area contributed by atoms with Crippen LogP contribution in [0.25, 0.3) is 43.7 Å². The molecule has 0 aliphatic heterocycles. The van der Waals surface area contributed by atoms with E-state index in [-0.39, 0.29) is 0 Å². The molecule has 0 atom stereocenters. The number of hydrogen-bond donors (Lipinski definition) is 0. The van der Waals surface area contributed by atoms with Gasteiger partial charge in [0.2, 0.25) is 5.52 Å². The molecule has 0 aliphatic rings. The molecule has 118 valence electrons. The quantitative estimate of drug-likeness (QED) is 0.231. The number of rotatable bonds is 0. The fourth-order valence-corrected chi connectivity index (χ4v) is 4.04. The molecule has 0 fully saturated rings. The van der Waals surface area contributed by atoms with Gasteiger partial charge in [0.15, 0.2) is 6.20 Å². The van der Waals surface area contributed by atoms with E-state index in [1.54, 1.807) is 0 Å². The molecular weight excluding hydrogens is 296 g/mol. The first-order valence-electron chi connectivity index (χ1n) is 8.24. The van der Waals surface area contributed by atoms with Gasteiger partial charge < -0.3 is 8.98 Å². The maximum Gasteiger partial charge on any atom is 0.216 e. The third-order valence-electron chi connectivity index (χ3n) is 5.21. The van der Waals surface area contributed by atoms with Crippen LogP contribution in [-0.4, -0.2) is 4.57 Å². The van der Waals surface area contributed by atoms with Crippen molar-refractivity contribution in [2.24, 2.45) is 14.1 Å². The second kappa shape index (κ2) is 4.38. The Morgan fingerprint density at radius 2 is 1.79 bits per heavy atom. The Morgan fingerprint density at radius 1 is 1.00 bits per heavy atom. The molecular formula is C21H19N2O+. The van der Waals surface area contributed by atoms with Crippen molar-refractivity contribution < 1.29 is 8.98 Å². The van der Waals surface area contributed by atoms with Crippen molar-refractivity contribution in [1.29, 1.82) is 0 Å². The molecule has 0 aliphatic carbocycles. The van der Waals surface area contributed by atoms with Crippen LogP contribution < -0.4 is 4.57 Å². The number of fused-ring (bicyclic) bond motifs is 3. The van der Waals surface area contributed by atoms with Gasteiger partial charge in [-0.15, -0.1) is 0 Å². The summed E-state index contributed by atoms with van der Waals surface area (Å²) in [5.74, 6) is 0. The zero-order valence-corrected chi connectivity index (χ0v) is 14.3. The Hall–Kier alpha value is -2.81. The first-order valence-corrected chi connectivity index (χ1v) is 8.24. The van der Waals surface area contributed by atoms with Crippen LogP contribution >= 0.6 is 0 Å². The molecule has 0 radical (unpaired) electrons. The number of pyridine rings is 1. The molecule has 0 saturated heterocycles. The SMILES string of the molecule is Cc1cc2ccn(C)c3c4c(C)c5cc[n+](C)c5cc4oc(c1)c23. The van der Waals surface area contributed by atoms with E-state index >= 15 is 0 Å². The molecule has 5 rings (SSSR count). The normalized spacial score (nSPS) is 12.2. The van der Waals surface area contributed by atoms with Crippen LogP contribution in [0.2, 0.25) is 0 Å². The lowest BCUT2D eigenvalue weighted by Gasteiger charge is -2.15. The van der Waals surface area contributed by atoms with Crippen molar-refractivity contribution in [3.05, 3.63) is 53.9 Å². The predicted octanol–water partition coefficient (Wildman–Crippen LogP) is 4.67. The number of hydrogen-bond acceptors (Lipinski definition) is 1. The van der Waals surface area contributed by atoms with Gasteiger partial charge in [0.05, 0.1) is 17.0 Å². The lowest BCUT2D eigenvalue weighted by atomic mass is 9.99. The predicted molar refractivity (Wildman–Crippen MR) is 98.4 cm³/mol. The Bertz CT molecular complexity index is 1290. The second-order valence-corrected chi connectivity index (χ2v) is 6.84. The van der Waals surface area contributed by atoms with Gasteiger partial charge in [0.1, 0.15) is 18.2 Å². The molecule has 2 aromatic carbocycles. The molecule has 3 nitrogen and oxygen atoms in total. The monoisotopic (exact) mass is 315 g/mol. The summed E-state index contributed by atoms with van der Waals surface area (Å²) in [5, 5.41) is 4.93. The lowest BCUT2D eigenvalue weighted by molar-refractivity contribution is -0.642. The molecule has 5 aromatic rings. The second-order valence-electron chi connectivity index (χ2n) is 6.84.